The van der Waals surface area contributed by atoms with Crippen molar-refractivity contribution in [3.8, 4) is 5.88 Å². The topological polar surface area (TPSA) is 154 Å². The summed E-state index contributed by atoms with van der Waals surface area (Å²) in [4.78, 5) is 28.0. The second kappa shape index (κ2) is 5.59. The van der Waals surface area contributed by atoms with E-state index in [1.165, 1.54) is 18.2 Å². The van der Waals surface area contributed by atoms with E-state index in [0.717, 1.165) is 0 Å². The van der Waals surface area contributed by atoms with Gasteiger partial charge in [-0.1, -0.05) is 11.6 Å². The number of nitrogen functional groups attached to an aromatic ring is 1. The monoisotopic (exact) mass is 309 g/mol. The lowest BCUT2D eigenvalue weighted by atomic mass is 10.2. The third kappa shape index (κ3) is 3.15. The molecule has 0 saturated heterocycles. The number of hydrogen-bond donors (Lipinski definition) is 4. The third-order valence-corrected chi connectivity index (χ3v) is 2.67. The van der Waals surface area contributed by atoms with Gasteiger partial charge in [0.25, 0.3) is 5.56 Å². The summed E-state index contributed by atoms with van der Waals surface area (Å²) in [7, 11) is 0. The van der Waals surface area contributed by atoms with Crippen LogP contribution in [0.5, 0.6) is 5.88 Å². The fourth-order valence-corrected chi connectivity index (χ4v) is 1.61. The Bertz CT molecular complexity index is 802. The molecule has 0 fully saturated rings. The summed E-state index contributed by atoms with van der Waals surface area (Å²) in [6.45, 7) is 0. The molecule has 10 heteroatoms. The van der Waals surface area contributed by atoms with E-state index in [0.29, 0.717) is 0 Å². The van der Waals surface area contributed by atoms with Crippen molar-refractivity contribution in [1.29, 1.82) is 0 Å². The first kappa shape index (κ1) is 14.5. The molecule has 1 aromatic heterocycles. The van der Waals surface area contributed by atoms with E-state index >= 15 is 0 Å². The minimum Gasteiger partial charge on any atom is -0.491 e. The highest BCUT2D eigenvalue weighted by Gasteiger charge is 2.11. The summed E-state index contributed by atoms with van der Waals surface area (Å²) in [5, 5.41) is 25.6. The van der Waals surface area contributed by atoms with E-state index in [9.17, 15) is 14.7 Å². The van der Waals surface area contributed by atoms with E-state index in [1.807, 2.05) is 0 Å². The third-order valence-electron chi connectivity index (χ3n) is 2.34. The number of benzene rings is 1. The lowest BCUT2D eigenvalue weighted by Gasteiger charge is -2.00. The molecular formula is C11H8ClN5O4. The summed E-state index contributed by atoms with van der Waals surface area (Å²) in [6.07, 6.45) is 0. The quantitative estimate of drug-likeness (QED) is 0.634. The van der Waals surface area contributed by atoms with E-state index in [2.05, 4.69) is 20.2 Å². The second-order valence-electron chi connectivity index (χ2n) is 3.79. The maximum absolute atomic E-state index is 11.5. The summed E-state index contributed by atoms with van der Waals surface area (Å²) in [5.41, 5.74) is 3.96. The molecule has 0 unspecified atom stereocenters. The van der Waals surface area contributed by atoms with Crippen LogP contribution < -0.4 is 11.3 Å². The summed E-state index contributed by atoms with van der Waals surface area (Å²) in [6, 6.07) is 3.89. The predicted octanol–water partition coefficient (Wildman–Crippen LogP) is 1.82. The van der Waals surface area contributed by atoms with Gasteiger partial charge in [-0.05, 0) is 18.2 Å². The number of hydrogen-bond acceptors (Lipinski definition) is 7. The Hall–Kier alpha value is -2.94. The molecule has 21 heavy (non-hydrogen) atoms. The van der Waals surface area contributed by atoms with Crippen molar-refractivity contribution in [3.63, 3.8) is 0 Å². The van der Waals surface area contributed by atoms with Gasteiger partial charge in [0.05, 0.1) is 16.3 Å². The molecule has 9 nitrogen and oxygen atoms in total. The fraction of sp³-hybridized carbons (Fsp3) is 0. The Kier molecular flexibility index (Phi) is 3.85. The van der Waals surface area contributed by atoms with Gasteiger partial charge >= 0.3 is 5.97 Å². The number of aromatic nitrogens is 2. The van der Waals surface area contributed by atoms with Crippen LogP contribution in [-0.4, -0.2) is 26.2 Å². The number of aromatic carboxylic acids is 1. The first-order valence-corrected chi connectivity index (χ1v) is 5.79. The Morgan fingerprint density at radius 2 is 2.10 bits per heavy atom. The van der Waals surface area contributed by atoms with Crippen LogP contribution in [0.3, 0.4) is 0 Å². The molecule has 0 amide bonds. The maximum Gasteiger partial charge on any atom is 0.337 e. The number of aromatic hydroxyl groups is 1. The van der Waals surface area contributed by atoms with Crippen molar-refractivity contribution >= 4 is 34.9 Å². The Balaban J connectivity index is 2.41. The highest BCUT2D eigenvalue weighted by molar-refractivity contribution is 6.33. The zero-order valence-electron chi connectivity index (χ0n) is 10.2. The van der Waals surface area contributed by atoms with Gasteiger partial charge in [0.1, 0.15) is 0 Å². The lowest BCUT2D eigenvalue weighted by molar-refractivity contribution is 0.0697. The minimum atomic E-state index is -1.23. The minimum absolute atomic E-state index is 0.0382. The van der Waals surface area contributed by atoms with E-state index in [1.54, 1.807) is 0 Å². The van der Waals surface area contributed by atoms with Crippen molar-refractivity contribution in [2.75, 3.05) is 5.73 Å². The fourth-order valence-electron chi connectivity index (χ4n) is 1.41. The van der Waals surface area contributed by atoms with E-state index in [-0.39, 0.29) is 22.2 Å². The number of anilines is 1. The predicted molar refractivity (Wildman–Crippen MR) is 73.5 cm³/mol. The number of nitrogens with two attached hydrogens (primary N) is 1. The van der Waals surface area contributed by atoms with Gasteiger partial charge in [-0.15, -0.1) is 5.11 Å². The molecule has 0 spiro atoms. The molecule has 0 aliphatic carbocycles. The Morgan fingerprint density at radius 3 is 2.71 bits per heavy atom. The van der Waals surface area contributed by atoms with Crippen molar-refractivity contribution < 1.29 is 15.0 Å². The molecule has 1 heterocycles. The number of halogens is 1. The smallest absolute Gasteiger partial charge is 0.337 e. The zero-order valence-corrected chi connectivity index (χ0v) is 11.0. The average molecular weight is 310 g/mol. The molecule has 0 aliphatic rings. The van der Waals surface area contributed by atoms with Gasteiger partial charge in [-0.3, -0.25) is 9.78 Å². The molecule has 0 radical (unpaired) electrons. The van der Waals surface area contributed by atoms with Crippen LogP contribution in [0.2, 0.25) is 5.02 Å². The maximum atomic E-state index is 11.5. The molecule has 2 aromatic rings. The van der Waals surface area contributed by atoms with Crippen LogP contribution in [0.4, 0.5) is 17.3 Å². The zero-order chi connectivity index (χ0) is 15.6. The van der Waals surface area contributed by atoms with Crippen LogP contribution >= 0.6 is 11.6 Å². The molecule has 108 valence electrons. The standard InChI is InChI=1S/C11H8ClN5O4/c12-6-2-1-4(3-5(6)10(20)21)16-17-7-8(18)14-11(13)15-9(7)19/h1-3H,(H,20,21)(H4,13,14,15,18,19). The first-order valence-electron chi connectivity index (χ1n) is 5.42. The first-order chi connectivity index (χ1) is 9.88. The molecule has 0 atom stereocenters. The summed E-state index contributed by atoms with van der Waals surface area (Å²) < 4.78 is 0. The largest absolute Gasteiger partial charge is 0.491 e. The summed E-state index contributed by atoms with van der Waals surface area (Å²) in [5.74, 6) is -2.18. The van der Waals surface area contributed by atoms with Crippen LogP contribution in [0, 0.1) is 0 Å². The molecule has 0 bridgehead atoms. The van der Waals surface area contributed by atoms with Gasteiger partial charge in [0.2, 0.25) is 17.5 Å². The van der Waals surface area contributed by atoms with Gasteiger partial charge in [0.15, 0.2) is 0 Å². The van der Waals surface area contributed by atoms with Crippen LogP contribution in [0.1, 0.15) is 10.4 Å². The Morgan fingerprint density at radius 1 is 1.38 bits per heavy atom. The number of carboxylic acid groups (broad SMARTS) is 1. The van der Waals surface area contributed by atoms with Gasteiger partial charge in [-0.2, -0.15) is 10.1 Å². The number of azo groups is 1. The SMILES string of the molecule is Nc1nc(O)c(N=Nc2ccc(Cl)c(C(=O)O)c2)c(=O)[nH]1. The highest BCUT2D eigenvalue weighted by atomic mass is 35.5. The number of H-pyrrole nitrogens is 1. The van der Waals surface area contributed by atoms with Crippen molar-refractivity contribution in [3.05, 3.63) is 39.1 Å². The average Bonchev–Trinajstić information content (AvgIpc) is 2.38. The lowest BCUT2D eigenvalue weighted by Crippen LogP contribution is -2.09. The number of nitrogens with one attached hydrogen (secondary N) is 1. The van der Waals surface area contributed by atoms with Crippen molar-refractivity contribution in [2.45, 2.75) is 0 Å². The number of carbonyl (C=O) groups is 1. The second-order valence-corrected chi connectivity index (χ2v) is 4.20. The van der Waals surface area contributed by atoms with Gasteiger partial charge in [0, 0.05) is 0 Å². The molecule has 2 rings (SSSR count). The number of carboxylic acids is 1. The molecule has 0 saturated carbocycles. The number of rotatable bonds is 3. The van der Waals surface area contributed by atoms with Crippen LogP contribution in [0.15, 0.2) is 33.2 Å². The molecule has 5 N–H and O–H groups in total. The van der Waals surface area contributed by atoms with E-state index < -0.39 is 23.1 Å². The van der Waals surface area contributed by atoms with Crippen molar-refractivity contribution in [2.24, 2.45) is 10.2 Å². The highest BCUT2D eigenvalue weighted by Crippen LogP contribution is 2.25. The Labute approximate surface area is 121 Å². The number of aromatic amines is 1. The number of nitrogens with zero attached hydrogens (tertiary/aromatic N) is 3. The normalized spacial score (nSPS) is 10.9. The van der Waals surface area contributed by atoms with Crippen LogP contribution in [-0.2, 0) is 0 Å². The molecule has 0 aliphatic heterocycles. The van der Waals surface area contributed by atoms with Crippen LogP contribution in [0.25, 0.3) is 0 Å². The molecule has 1 aromatic carbocycles. The van der Waals surface area contributed by atoms with Crippen molar-refractivity contribution in [1.82, 2.24) is 9.97 Å². The van der Waals surface area contributed by atoms with Gasteiger partial charge in [-0.25, -0.2) is 4.79 Å². The molecular weight excluding hydrogens is 302 g/mol. The van der Waals surface area contributed by atoms with Gasteiger partial charge < -0.3 is 15.9 Å². The van der Waals surface area contributed by atoms with E-state index in [4.69, 9.17) is 22.4 Å². The summed E-state index contributed by atoms with van der Waals surface area (Å²) >= 11 is 5.70.